The molecule has 31 heavy (non-hydrogen) atoms. The molecule has 1 atom stereocenters. The Kier molecular flexibility index (Phi) is 5.55. The van der Waals surface area contributed by atoms with Crippen LogP contribution in [0, 0.1) is 11.2 Å². The number of piperazine rings is 1. The van der Waals surface area contributed by atoms with Crippen LogP contribution in [-0.4, -0.2) is 70.7 Å². The third kappa shape index (κ3) is 4.47. The van der Waals surface area contributed by atoms with Gasteiger partial charge in [0.2, 0.25) is 5.91 Å². The van der Waals surface area contributed by atoms with Crippen molar-refractivity contribution in [1.29, 1.82) is 0 Å². The molecule has 0 N–H and O–H groups in total. The van der Waals surface area contributed by atoms with Gasteiger partial charge in [-0.3, -0.25) is 9.69 Å². The Morgan fingerprint density at radius 1 is 1.23 bits per heavy atom. The number of rotatable bonds is 4. The molecule has 2 amide bonds. The molecule has 1 aromatic carbocycles. The molecule has 0 radical (unpaired) electrons. The van der Waals surface area contributed by atoms with E-state index in [9.17, 15) is 14.0 Å². The Labute approximate surface area is 180 Å². The Morgan fingerprint density at radius 3 is 2.58 bits per heavy atom. The number of cyclic esters (lactones) is 1. The summed E-state index contributed by atoms with van der Waals surface area (Å²) >= 11 is 0. The fourth-order valence-electron chi connectivity index (χ4n) is 3.91. The monoisotopic (exact) mass is 430 g/mol. The average molecular weight is 430 g/mol. The molecule has 166 valence electrons. The molecular formula is C21H27FN6O3. The highest BCUT2D eigenvalue weighted by Gasteiger charge is 2.34. The fourth-order valence-corrected chi connectivity index (χ4v) is 3.91. The van der Waals surface area contributed by atoms with Crippen molar-refractivity contribution in [2.45, 2.75) is 33.4 Å². The molecule has 2 aliphatic rings. The van der Waals surface area contributed by atoms with Crippen LogP contribution in [0.5, 0.6) is 0 Å². The zero-order valence-corrected chi connectivity index (χ0v) is 18.0. The number of amides is 2. The van der Waals surface area contributed by atoms with Crippen molar-refractivity contribution in [1.82, 2.24) is 19.9 Å². The van der Waals surface area contributed by atoms with E-state index in [2.05, 4.69) is 10.3 Å². The highest BCUT2D eigenvalue weighted by Crippen LogP contribution is 2.29. The topological polar surface area (TPSA) is 83.8 Å². The van der Waals surface area contributed by atoms with Crippen LogP contribution in [0.3, 0.4) is 0 Å². The molecule has 1 aromatic heterocycles. The van der Waals surface area contributed by atoms with Gasteiger partial charge in [-0.1, -0.05) is 26.0 Å². The lowest BCUT2D eigenvalue weighted by Crippen LogP contribution is -2.51. The molecule has 9 nitrogen and oxygen atoms in total. The van der Waals surface area contributed by atoms with Crippen LogP contribution < -0.4 is 9.80 Å². The third-order valence-electron chi connectivity index (χ3n) is 5.53. The molecule has 2 aliphatic heterocycles. The third-order valence-corrected chi connectivity index (χ3v) is 5.53. The second kappa shape index (κ2) is 8.16. The van der Waals surface area contributed by atoms with Gasteiger partial charge in [0.15, 0.2) is 0 Å². The maximum atomic E-state index is 14.9. The molecule has 4 rings (SSSR count). The Hall–Kier alpha value is -3.17. The largest absolute Gasteiger partial charge is 0.442 e. The van der Waals surface area contributed by atoms with Crippen molar-refractivity contribution in [3.63, 3.8) is 0 Å². The number of carbonyl (C=O) groups is 2. The molecule has 0 spiro atoms. The normalized spacial score (nSPS) is 19.7. The second-order valence-corrected chi connectivity index (χ2v) is 8.91. The summed E-state index contributed by atoms with van der Waals surface area (Å²) in [6.45, 7) is 8.64. The van der Waals surface area contributed by atoms with E-state index in [4.69, 9.17) is 4.74 Å². The number of anilines is 2. The maximum absolute atomic E-state index is 14.9. The summed E-state index contributed by atoms with van der Waals surface area (Å²) in [4.78, 5) is 29.9. The van der Waals surface area contributed by atoms with Gasteiger partial charge in [0.25, 0.3) is 0 Å². The van der Waals surface area contributed by atoms with Crippen molar-refractivity contribution < 1.29 is 18.7 Å². The highest BCUT2D eigenvalue weighted by atomic mass is 19.1. The van der Waals surface area contributed by atoms with Crippen molar-refractivity contribution in [2.24, 2.45) is 5.41 Å². The van der Waals surface area contributed by atoms with E-state index in [0.29, 0.717) is 50.6 Å². The minimum Gasteiger partial charge on any atom is -0.442 e. The first kappa shape index (κ1) is 21.1. The summed E-state index contributed by atoms with van der Waals surface area (Å²) in [7, 11) is 0. The SMILES string of the molecule is CC(C)(C)C(=O)N1CCN(c2ccc(N3C[C@H](Cn4ccnn4)OC3=O)cc2F)CC1. The van der Waals surface area contributed by atoms with Crippen molar-refractivity contribution >= 4 is 23.4 Å². The number of halogens is 1. The Balaban J connectivity index is 1.40. The zero-order chi connectivity index (χ0) is 22.2. The molecular weight excluding hydrogens is 403 g/mol. The average Bonchev–Trinajstić information content (AvgIpc) is 3.36. The first-order chi connectivity index (χ1) is 14.7. The quantitative estimate of drug-likeness (QED) is 0.739. The lowest BCUT2D eigenvalue weighted by molar-refractivity contribution is -0.139. The molecule has 10 heteroatoms. The van der Waals surface area contributed by atoms with Gasteiger partial charge < -0.3 is 14.5 Å². The van der Waals surface area contributed by atoms with Gasteiger partial charge in [-0.25, -0.2) is 13.9 Å². The molecule has 0 unspecified atom stereocenters. The number of nitrogens with zero attached hydrogens (tertiary/aromatic N) is 6. The standard InChI is InChI=1S/C21H27FN6O3/c1-21(2,3)19(29)26-10-8-25(9-11-26)18-5-4-15(12-17(18)22)28-14-16(31-20(28)30)13-27-7-6-23-24-27/h4-7,12,16H,8-11,13-14H2,1-3H3/t16-/m0/s1. The van der Waals surface area contributed by atoms with Crippen LogP contribution in [0.15, 0.2) is 30.6 Å². The molecule has 0 aliphatic carbocycles. The second-order valence-electron chi connectivity index (χ2n) is 8.91. The van der Waals surface area contributed by atoms with Crippen LogP contribution in [0.1, 0.15) is 20.8 Å². The fraction of sp³-hybridized carbons (Fsp3) is 0.524. The van der Waals surface area contributed by atoms with Gasteiger partial charge in [0.05, 0.1) is 30.7 Å². The van der Waals surface area contributed by atoms with E-state index in [0.717, 1.165) is 0 Å². The number of hydrogen-bond acceptors (Lipinski definition) is 6. The van der Waals surface area contributed by atoms with E-state index in [-0.39, 0.29) is 12.0 Å². The molecule has 0 saturated carbocycles. The van der Waals surface area contributed by atoms with Crippen LogP contribution in [0.4, 0.5) is 20.6 Å². The molecule has 0 bridgehead atoms. The zero-order valence-electron chi connectivity index (χ0n) is 18.0. The van der Waals surface area contributed by atoms with Gasteiger partial charge in [0, 0.05) is 37.8 Å². The summed E-state index contributed by atoms with van der Waals surface area (Å²) in [6, 6.07) is 4.77. The number of benzene rings is 1. The lowest BCUT2D eigenvalue weighted by atomic mass is 9.94. The van der Waals surface area contributed by atoms with Gasteiger partial charge >= 0.3 is 6.09 Å². The summed E-state index contributed by atoms with van der Waals surface area (Å²) in [5.74, 6) is -0.295. The summed E-state index contributed by atoms with van der Waals surface area (Å²) in [5.41, 5.74) is 0.498. The van der Waals surface area contributed by atoms with Gasteiger partial charge in [0.1, 0.15) is 11.9 Å². The van der Waals surface area contributed by atoms with Gasteiger partial charge in [-0.2, -0.15) is 0 Å². The van der Waals surface area contributed by atoms with E-state index in [1.165, 1.54) is 11.0 Å². The number of ether oxygens (including phenoxy) is 1. The smallest absolute Gasteiger partial charge is 0.414 e. The Bertz CT molecular complexity index is 951. The predicted molar refractivity (Wildman–Crippen MR) is 112 cm³/mol. The van der Waals surface area contributed by atoms with E-state index in [1.54, 1.807) is 29.2 Å². The summed E-state index contributed by atoms with van der Waals surface area (Å²) in [6.07, 6.45) is 2.36. The first-order valence-electron chi connectivity index (χ1n) is 10.4. The van der Waals surface area contributed by atoms with E-state index >= 15 is 0 Å². The van der Waals surface area contributed by atoms with Crippen LogP contribution in [0.2, 0.25) is 0 Å². The van der Waals surface area contributed by atoms with Crippen LogP contribution in [0.25, 0.3) is 0 Å². The van der Waals surface area contributed by atoms with Crippen LogP contribution in [-0.2, 0) is 16.1 Å². The van der Waals surface area contributed by atoms with E-state index in [1.807, 2.05) is 30.6 Å². The van der Waals surface area contributed by atoms with Gasteiger partial charge in [-0.05, 0) is 18.2 Å². The highest BCUT2D eigenvalue weighted by molar-refractivity contribution is 5.90. The van der Waals surface area contributed by atoms with Crippen molar-refractivity contribution in [3.05, 3.63) is 36.4 Å². The first-order valence-corrected chi connectivity index (χ1v) is 10.4. The predicted octanol–water partition coefficient (Wildman–Crippen LogP) is 2.14. The van der Waals surface area contributed by atoms with Gasteiger partial charge in [-0.15, -0.1) is 5.10 Å². The summed E-state index contributed by atoms with van der Waals surface area (Å²) in [5, 5.41) is 7.61. The number of aromatic nitrogens is 3. The minimum absolute atomic E-state index is 0.107. The molecule has 2 saturated heterocycles. The molecule has 2 fully saturated rings. The van der Waals surface area contributed by atoms with E-state index < -0.39 is 17.3 Å². The van der Waals surface area contributed by atoms with Crippen LogP contribution >= 0.6 is 0 Å². The molecule has 2 aromatic rings. The number of carbonyl (C=O) groups excluding carboxylic acids is 2. The maximum Gasteiger partial charge on any atom is 0.414 e. The van der Waals surface area contributed by atoms with Crippen molar-refractivity contribution in [3.8, 4) is 0 Å². The number of hydrogen-bond donors (Lipinski definition) is 0. The minimum atomic E-state index is -0.508. The van der Waals surface area contributed by atoms with Crippen molar-refractivity contribution in [2.75, 3.05) is 42.5 Å². The Morgan fingerprint density at radius 2 is 1.97 bits per heavy atom. The lowest BCUT2D eigenvalue weighted by Gasteiger charge is -2.38. The summed E-state index contributed by atoms with van der Waals surface area (Å²) < 4.78 is 21.9. The molecule has 3 heterocycles.